The molecule has 0 spiro atoms. The number of aromatic hydroxyl groups is 3. The summed E-state index contributed by atoms with van der Waals surface area (Å²) in [5, 5.41) is 72.7. The molecule has 0 fully saturated rings. The summed E-state index contributed by atoms with van der Waals surface area (Å²) >= 11 is 0. The summed E-state index contributed by atoms with van der Waals surface area (Å²) in [7, 11) is 3.13. The van der Waals surface area contributed by atoms with Crippen molar-refractivity contribution in [3.05, 3.63) is 121 Å². The van der Waals surface area contributed by atoms with Crippen LogP contribution >= 0.6 is 0 Å². The molecule has 282 valence electrons. The minimum atomic E-state index is -0.663. The number of aliphatic hydroxyl groups is 4. The first-order chi connectivity index (χ1) is 24.5. The Morgan fingerprint density at radius 1 is 0.404 bits per heavy atom. The van der Waals surface area contributed by atoms with E-state index >= 15 is 0 Å². The van der Waals surface area contributed by atoms with E-state index in [0.29, 0.717) is 33.4 Å². The second-order valence-electron chi connectivity index (χ2n) is 15.2. The fourth-order valence-electron chi connectivity index (χ4n) is 6.97. The highest BCUT2D eigenvalue weighted by atomic mass is 16.5. The van der Waals surface area contributed by atoms with E-state index in [2.05, 4.69) is 59.7 Å². The lowest BCUT2D eigenvalue weighted by Gasteiger charge is -2.36. The lowest BCUT2D eigenvalue weighted by Crippen LogP contribution is -2.27. The Labute approximate surface area is 307 Å². The zero-order valence-corrected chi connectivity index (χ0v) is 31.8. The van der Waals surface area contributed by atoms with Gasteiger partial charge in [-0.3, -0.25) is 0 Å². The maximum absolute atomic E-state index is 11.0. The Kier molecular flexibility index (Phi) is 12.8. The first-order valence-corrected chi connectivity index (χ1v) is 17.6. The van der Waals surface area contributed by atoms with Gasteiger partial charge < -0.3 is 45.2 Å². The van der Waals surface area contributed by atoms with Gasteiger partial charge in [-0.15, -0.1) is 0 Å². The normalized spacial score (nSPS) is 12.5. The summed E-state index contributed by atoms with van der Waals surface area (Å²) < 4.78 is 10.8. The molecule has 4 aromatic carbocycles. The van der Waals surface area contributed by atoms with E-state index < -0.39 is 16.2 Å². The molecule has 0 radical (unpaired) electrons. The number of benzene rings is 4. The molecule has 0 aliphatic carbocycles. The predicted octanol–water partition coefficient (Wildman–Crippen LogP) is 6.13. The molecule has 0 heterocycles. The number of hydrogen-bond acceptors (Lipinski definition) is 9. The van der Waals surface area contributed by atoms with Crippen LogP contribution in [0, 0.1) is 0 Å². The molecular weight excluding hydrogens is 660 g/mol. The van der Waals surface area contributed by atoms with Crippen molar-refractivity contribution in [3.63, 3.8) is 0 Å². The van der Waals surface area contributed by atoms with Crippen molar-refractivity contribution in [2.45, 2.75) is 97.1 Å². The molecule has 0 bridgehead atoms. The third-order valence-corrected chi connectivity index (χ3v) is 10.8. The molecule has 0 aliphatic heterocycles. The van der Waals surface area contributed by atoms with E-state index in [-0.39, 0.29) is 69.7 Å². The van der Waals surface area contributed by atoms with Crippen LogP contribution in [0.5, 0.6) is 17.2 Å². The number of aliphatic hydroxyl groups excluding tert-OH is 4. The van der Waals surface area contributed by atoms with E-state index in [1.54, 1.807) is 14.2 Å². The number of phenolic OH excluding ortho intramolecular Hbond substituents is 1. The maximum atomic E-state index is 11.0. The molecule has 4 rings (SSSR count). The molecule has 4 aromatic rings. The second kappa shape index (κ2) is 16.4. The molecule has 9 nitrogen and oxygen atoms in total. The minimum absolute atomic E-state index is 0.00387. The highest BCUT2D eigenvalue weighted by Crippen LogP contribution is 2.45. The van der Waals surface area contributed by atoms with Crippen LogP contribution < -0.4 is 0 Å². The van der Waals surface area contributed by atoms with Gasteiger partial charge in [0.25, 0.3) is 0 Å². The van der Waals surface area contributed by atoms with Crippen LogP contribution in [-0.2, 0) is 65.0 Å². The molecule has 52 heavy (non-hydrogen) atoms. The van der Waals surface area contributed by atoms with Crippen LogP contribution in [-0.4, -0.2) is 63.2 Å². The van der Waals surface area contributed by atoms with E-state index in [4.69, 9.17) is 9.47 Å². The zero-order valence-electron chi connectivity index (χ0n) is 31.8. The smallest absolute Gasteiger partial charge is 0.126 e. The number of methoxy groups -OCH3 is 2. The van der Waals surface area contributed by atoms with E-state index in [0.717, 1.165) is 33.4 Å². The summed E-state index contributed by atoms with van der Waals surface area (Å²) in [6, 6.07) is 17.8. The van der Waals surface area contributed by atoms with Crippen molar-refractivity contribution in [1.29, 1.82) is 0 Å². The van der Waals surface area contributed by atoms with Crippen LogP contribution in [0.1, 0.15) is 108 Å². The van der Waals surface area contributed by atoms with Gasteiger partial charge in [0, 0.05) is 65.9 Å². The number of hydrogen-bond donors (Lipinski definition) is 7. The summed E-state index contributed by atoms with van der Waals surface area (Å²) in [5.74, 6) is 0.0884. The van der Waals surface area contributed by atoms with Gasteiger partial charge in [0.15, 0.2) is 0 Å². The molecule has 0 aromatic heterocycles. The average molecular weight is 717 g/mol. The Balaban J connectivity index is 2.06. The van der Waals surface area contributed by atoms with Crippen molar-refractivity contribution >= 4 is 0 Å². The van der Waals surface area contributed by atoms with Crippen molar-refractivity contribution in [2.75, 3.05) is 27.4 Å². The topological polar surface area (TPSA) is 160 Å². The van der Waals surface area contributed by atoms with Gasteiger partial charge in [0.05, 0.1) is 26.4 Å². The van der Waals surface area contributed by atoms with Crippen molar-refractivity contribution in [1.82, 2.24) is 0 Å². The molecule has 7 N–H and O–H groups in total. The standard InChI is InChI=1S/C43H56O9/c1-41(2,32-13-26(9-11-44)38(48)28(15-32)22-46)35-19-36(42(3,4)33-14-27(10-12-45)39(49)30(17-33)24-51-7)21-37(20-35)43(5,6)34-16-29(23-47)40(50)31(18-34)25-52-8/h13-21,44-50H,9-12,22-25H2,1-8H3. The van der Waals surface area contributed by atoms with Crippen LogP contribution in [0.2, 0.25) is 0 Å². The van der Waals surface area contributed by atoms with Crippen molar-refractivity contribution < 1.29 is 45.2 Å². The largest absolute Gasteiger partial charge is 0.507 e. The average Bonchev–Trinajstić information content (AvgIpc) is 3.11. The fourth-order valence-corrected chi connectivity index (χ4v) is 6.97. The fraction of sp³-hybridized carbons (Fsp3) is 0.442. The Hall–Kier alpha value is -3.96. The summed E-state index contributed by atoms with van der Waals surface area (Å²) in [6.07, 6.45) is 0.507. The molecule has 0 aliphatic rings. The third kappa shape index (κ3) is 8.00. The number of rotatable bonds is 16. The second-order valence-corrected chi connectivity index (χ2v) is 15.2. The van der Waals surface area contributed by atoms with Gasteiger partial charge in [-0.05, 0) is 81.6 Å². The van der Waals surface area contributed by atoms with Crippen LogP contribution in [0.15, 0.2) is 54.6 Å². The molecule has 0 atom stereocenters. The number of ether oxygens (including phenoxy) is 2. The molecule has 9 heteroatoms. The molecule has 0 saturated heterocycles. The Morgan fingerprint density at radius 2 is 0.654 bits per heavy atom. The van der Waals surface area contributed by atoms with Crippen molar-refractivity contribution in [3.8, 4) is 17.2 Å². The molecule has 0 unspecified atom stereocenters. The van der Waals surface area contributed by atoms with E-state index in [1.165, 1.54) is 0 Å². The van der Waals surface area contributed by atoms with E-state index in [9.17, 15) is 35.7 Å². The maximum Gasteiger partial charge on any atom is 0.126 e. The molecule has 0 amide bonds. The van der Waals surface area contributed by atoms with Gasteiger partial charge in [-0.25, -0.2) is 0 Å². The summed E-state index contributed by atoms with van der Waals surface area (Å²) in [5.41, 5.74) is 6.73. The Morgan fingerprint density at radius 3 is 0.942 bits per heavy atom. The lowest BCUT2D eigenvalue weighted by molar-refractivity contribution is 0.181. The molecule has 0 saturated carbocycles. The van der Waals surface area contributed by atoms with Gasteiger partial charge >= 0.3 is 0 Å². The first kappa shape index (κ1) is 40.8. The predicted molar refractivity (Wildman–Crippen MR) is 202 cm³/mol. The van der Waals surface area contributed by atoms with Crippen LogP contribution in [0.3, 0.4) is 0 Å². The van der Waals surface area contributed by atoms with E-state index in [1.807, 2.05) is 36.4 Å². The van der Waals surface area contributed by atoms with Crippen molar-refractivity contribution in [2.24, 2.45) is 0 Å². The monoisotopic (exact) mass is 716 g/mol. The quantitative estimate of drug-likeness (QED) is 0.0724. The van der Waals surface area contributed by atoms with Crippen LogP contribution in [0.4, 0.5) is 0 Å². The molecular formula is C43H56O9. The number of phenols is 3. The van der Waals surface area contributed by atoms with Gasteiger partial charge in [-0.1, -0.05) is 71.9 Å². The SMILES string of the molecule is COCc1cc(C(C)(C)c2cc(C(C)(C)c3cc(CO)c(O)c(CCO)c3)cc(C(C)(C)c3cc(CCO)c(O)c(COC)c3)c2)cc(CO)c1O. The zero-order chi connectivity index (χ0) is 38.6. The lowest BCUT2D eigenvalue weighted by atomic mass is 9.68. The highest BCUT2D eigenvalue weighted by molar-refractivity contribution is 5.56. The summed E-state index contributed by atoms with van der Waals surface area (Å²) in [4.78, 5) is 0. The minimum Gasteiger partial charge on any atom is -0.507 e. The Bertz CT molecular complexity index is 1750. The van der Waals surface area contributed by atoms with Gasteiger partial charge in [-0.2, -0.15) is 0 Å². The van der Waals surface area contributed by atoms with Gasteiger partial charge in [0.1, 0.15) is 17.2 Å². The third-order valence-electron chi connectivity index (χ3n) is 10.8. The summed E-state index contributed by atoms with van der Waals surface area (Å²) in [6.45, 7) is 12.0. The van der Waals surface area contributed by atoms with Gasteiger partial charge in [0.2, 0.25) is 0 Å². The highest BCUT2D eigenvalue weighted by Gasteiger charge is 2.34. The first-order valence-electron chi connectivity index (χ1n) is 17.6. The van der Waals surface area contributed by atoms with Crippen LogP contribution in [0.25, 0.3) is 0 Å².